The molecule has 0 spiro atoms. The lowest BCUT2D eigenvalue weighted by molar-refractivity contribution is -0.117. The number of hydrogen-bond acceptors (Lipinski definition) is 6. The topological polar surface area (TPSA) is 122 Å². The molecule has 0 saturated heterocycles. The Morgan fingerprint density at radius 3 is 2.61 bits per heavy atom. The van der Waals surface area contributed by atoms with Crippen molar-refractivity contribution in [2.45, 2.75) is 13.5 Å². The first-order chi connectivity index (χ1) is 15.8. The zero-order chi connectivity index (χ0) is 24.0. The maximum absolute atomic E-state index is 13.2. The second-order valence-corrected chi connectivity index (χ2v) is 7.78. The van der Waals surface area contributed by atoms with Crippen LogP contribution in [0.4, 0.5) is 17.2 Å². The fraction of sp³-hybridized carbons (Fsp3) is 0.261. The van der Waals surface area contributed by atoms with Gasteiger partial charge in [-0.25, -0.2) is 4.79 Å². The van der Waals surface area contributed by atoms with Gasteiger partial charge in [-0.2, -0.15) is 0 Å². The third-order valence-electron chi connectivity index (χ3n) is 5.19. The van der Waals surface area contributed by atoms with Crippen LogP contribution < -0.4 is 27.2 Å². The standard InChI is InChI=1S/C23H26ClN5O4/c1-15-17(24)9-6-10-18(15)26-13-19(30)28(11-12-33-2)20-21(25)29(23(32)27-22(20)31)14-16-7-4-3-5-8-16/h3-10,26H,11-14,25H2,1-2H3,(H,27,31,32). The molecule has 3 aromatic rings. The number of carbonyl (C=O) groups excluding carboxylic acids is 1. The Morgan fingerprint density at radius 1 is 1.18 bits per heavy atom. The van der Waals surface area contributed by atoms with Gasteiger partial charge >= 0.3 is 5.69 Å². The van der Waals surface area contributed by atoms with Crippen molar-refractivity contribution in [3.63, 3.8) is 0 Å². The lowest BCUT2D eigenvalue weighted by Gasteiger charge is -2.25. The number of halogens is 1. The average molecular weight is 472 g/mol. The highest BCUT2D eigenvalue weighted by Gasteiger charge is 2.24. The van der Waals surface area contributed by atoms with Crippen LogP contribution in [0.2, 0.25) is 5.02 Å². The molecule has 0 aliphatic carbocycles. The third-order valence-corrected chi connectivity index (χ3v) is 5.59. The summed E-state index contributed by atoms with van der Waals surface area (Å²) in [5.74, 6) is -0.524. The summed E-state index contributed by atoms with van der Waals surface area (Å²) in [7, 11) is 1.49. The predicted octanol–water partition coefficient (Wildman–Crippen LogP) is 2.22. The highest BCUT2D eigenvalue weighted by atomic mass is 35.5. The average Bonchev–Trinajstić information content (AvgIpc) is 2.80. The van der Waals surface area contributed by atoms with Crippen molar-refractivity contribution >= 4 is 34.7 Å². The van der Waals surface area contributed by atoms with E-state index in [4.69, 9.17) is 22.1 Å². The maximum Gasteiger partial charge on any atom is 0.330 e. The lowest BCUT2D eigenvalue weighted by atomic mass is 10.2. The van der Waals surface area contributed by atoms with Gasteiger partial charge in [-0.1, -0.05) is 48.0 Å². The number of nitrogen functional groups attached to an aromatic ring is 1. The van der Waals surface area contributed by atoms with E-state index in [2.05, 4.69) is 10.3 Å². The summed E-state index contributed by atoms with van der Waals surface area (Å²) in [6, 6.07) is 14.5. The van der Waals surface area contributed by atoms with Crippen LogP contribution in [0, 0.1) is 6.92 Å². The molecule has 3 rings (SSSR count). The minimum Gasteiger partial charge on any atom is -0.383 e. The van der Waals surface area contributed by atoms with Crippen molar-refractivity contribution in [1.29, 1.82) is 0 Å². The first-order valence-electron chi connectivity index (χ1n) is 10.3. The number of aromatic nitrogens is 2. The molecule has 33 heavy (non-hydrogen) atoms. The van der Waals surface area contributed by atoms with Gasteiger partial charge in [0.05, 0.1) is 19.7 Å². The molecular formula is C23H26ClN5O4. The van der Waals surface area contributed by atoms with Gasteiger partial charge in [-0.3, -0.25) is 19.1 Å². The van der Waals surface area contributed by atoms with Crippen LogP contribution >= 0.6 is 11.6 Å². The van der Waals surface area contributed by atoms with E-state index < -0.39 is 17.2 Å². The van der Waals surface area contributed by atoms with Crippen molar-refractivity contribution in [3.8, 4) is 0 Å². The van der Waals surface area contributed by atoms with E-state index in [0.717, 1.165) is 11.1 Å². The Kier molecular flexibility index (Phi) is 7.92. The number of carbonyl (C=O) groups is 1. The molecule has 0 radical (unpaired) electrons. The molecule has 0 fully saturated rings. The van der Waals surface area contributed by atoms with Gasteiger partial charge in [0.2, 0.25) is 5.91 Å². The first kappa shape index (κ1) is 24.1. The summed E-state index contributed by atoms with van der Waals surface area (Å²) in [6.07, 6.45) is 0. The molecule has 1 aromatic heterocycles. The molecule has 0 saturated carbocycles. The summed E-state index contributed by atoms with van der Waals surface area (Å²) in [5, 5.41) is 3.61. The van der Waals surface area contributed by atoms with E-state index in [-0.39, 0.29) is 37.7 Å². The Morgan fingerprint density at radius 2 is 1.91 bits per heavy atom. The maximum atomic E-state index is 13.2. The SMILES string of the molecule is COCCN(C(=O)CNc1cccc(Cl)c1C)c1c(N)n(Cc2ccccc2)c(=O)[nH]c1=O. The van der Waals surface area contributed by atoms with Gasteiger partial charge < -0.3 is 20.7 Å². The molecule has 10 heteroatoms. The van der Waals surface area contributed by atoms with Gasteiger partial charge in [0, 0.05) is 24.4 Å². The zero-order valence-electron chi connectivity index (χ0n) is 18.4. The number of nitrogens with zero attached hydrogens (tertiary/aromatic N) is 2. The molecule has 9 nitrogen and oxygen atoms in total. The molecule has 0 bridgehead atoms. The number of hydrogen-bond donors (Lipinski definition) is 3. The molecule has 4 N–H and O–H groups in total. The normalized spacial score (nSPS) is 10.8. The smallest absolute Gasteiger partial charge is 0.330 e. The number of amides is 1. The minimum atomic E-state index is -0.745. The van der Waals surface area contributed by atoms with Gasteiger partial charge in [0.25, 0.3) is 5.56 Å². The summed E-state index contributed by atoms with van der Waals surface area (Å²) in [5.41, 5.74) is 7.07. The Labute approximate surface area is 195 Å². The predicted molar refractivity (Wildman–Crippen MR) is 130 cm³/mol. The number of nitrogens with two attached hydrogens (primary N) is 1. The largest absolute Gasteiger partial charge is 0.383 e. The second kappa shape index (κ2) is 10.8. The molecule has 174 valence electrons. The summed E-state index contributed by atoms with van der Waals surface area (Å²) in [4.78, 5) is 41.9. The van der Waals surface area contributed by atoms with Gasteiger partial charge in [-0.15, -0.1) is 0 Å². The molecule has 0 unspecified atom stereocenters. The fourth-order valence-corrected chi connectivity index (χ4v) is 3.54. The quantitative estimate of drug-likeness (QED) is 0.440. The van der Waals surface area contributed by atoms with Gasteiger partial charge in [-0.05, 0) is 30.2 Å². The monoisotopic (exact) mass is 471 g/mol. The van der Waals surface area contributed by atoms with Crippen molar-refractivity contribution in [2.24, 2.45) is 0 Å². The molecule has 0 aliphatic rings. The first-order valence-corrected chi connectivity index (χ1v) is 10.7. The number of ether oxygens (including phenoxy) is 1. The molecule has 0 atom stereocenters. The van der Waals surface area contributed by atoms with Gasteiger partial charge in [0.1, 0.15) is 5.82 Å². The van der Waals surface area contributed by atoms with Crippen molar-refractivity contribution < 1.29 is 9.53 Å². The van der Waals surface area contributed by atoms with E-state index in [0.29, 0.717) is 10.7 Å². The molecule has 1 heterocycles. The Hall–Kier alpha value is -3.56. The van der Waals surface area contributed by atoms with E-state index in [1.54, 1.807) is 18.2 Å². The number of benzene rings is 2. The Balaban J connectivity index is 1.95. The summed E-state index contributed by atoms with van der Waals surface area (Å²) in [6.45, 7) is 2.09. The van der Waals surface area contributed by atoms with Crippen LogP contribution in [-0.2, 0) is 16.1 Å². The molecule has 0 aliphatic heterocycles. The number of anilines is 3. The number of H-pyrrole nitrogens is 1. The third kappa shape index (κ3) is 5.63. The zero-order valence-corrected chi connectivity index (χ0v) is 19.2. The van der Waals surface area contributed by atoms with E-state index >= 15 is 0 Å². The number of rotatable bonds is 9. The fourth-order valence-electron chi connectivity index (χ4n) is 3.37. The highest BCUT2D eigenvalue weighted by molar-refractivity contribution is 6.31. The van der Waals surface area contributed by atoms with Crippen LogP contribution in [0.3, 0.4) is 0 Å². The van der Waals surface area contributed by atoms with Gasteiger partial charge in [0.15, 0.2) is 5.69 Å². The van der Waals surface area contributed by atoms with E-state index in [1.165, 1.54) is 16.6 Å². The van der Waals surface area contributed by atoms with Crippen molar-refractivity contribution in [2.75, 3.05) is 42.8 Å². The van der Waals surface area contributed by atoms with Crippen LogP contribution in [0.15, 0.2) is 58.1 Å². The van der Waals surface area contributed by atoms with Crippen LogP contribution in [0.5, 0.6) is 0 Å². The number of aromatic amines is 1. The molecule has 1 amide bonds. The van der Waals surface area contributed by atoms with Crippen molar-refractivity contribution in [3.05, 3.63) is 85.5 Å². The minimum absolute atomic E-state index is 0.0718. The van der Waals surface area contributed by atoms with Crippen LogP contribution in [-0.4, -0.2) is 42.3 Å². The summed E-state index contributed by atoms with van der Waals surface area (Å²) < 4.78 is 6.35. The summed E-state index contributed by atoms with van der Waals surface area (Å²) >= 11 is 6.15. The molecular weight excluding hydrogens is 446 g/mol. The van der Waals surface area contributed by atoms with E-state index in [1.807, 2.05) is 37.3 Å². The van der Waals surface area contributed by atoms with E-state index in [9.17, 15) is 14.4 Å². The van der Waals surface area contributed by atoms with Crippen LogP contribution in [0.25, 0.3) is 0 Å². The lowest BCUT2D eigenvalue weighted by Crippen LogP contribution is -2.44. The highest BCUT2D eigenvalue weighted by Crippen LogP contribution is 2.23. The number of nitrogens with one attached hydrogen (secondary N) is 2. The number of methoxy groups -OCH3 is 1. The van der Waals surface area contributed by atoms with Crippen molar-refractivity contribution in [1.82, 2.24) is 9.55 Å². The second-order valence-electron chi connectivity index (χ2n) is 7.37. The Bertz CT molecular complexity index is 1240. The van der Waals surface area contributed by atoms with Crippen LogP contribution in [0.1, 0.15) is 11.1 Å². The molecule has 2 aromatic carbocycles.